The molecule has 6 nitrogen and oxygen atoms in total. The van der Waals surface area contributed by atoms with E-state index in [9.17, 15) is 13.2 Å². The molecule has 290 valence electrons. The molecule has 1 aliphatic heterocycles. The molecule has 0 radical (unpaired) electrons. The molecule has 2 unspecified atom stereocenters. The summed E-state index contributed by atoms with van der Waals surface area (Å²) < 4.78 is 30.2. The van der Waals surface area contributed by atoms with E-state index in [4.69, 9.17) is 4.74 Å². The first-order chi connectivity index (χ1) is 24.5. The maximum absolute atomic E-state index is 12.6. The van der Waals surface area contributed by atoms with Crippen LogP contribution in [0.2, 0.25) is 0 Å². The minimum atomic E-state index is -2.90. The zero-order chi connectivity index (χ0) is 37.1. The fourth-order valence-corrected chi connectivity index (χ4v) is 18.3. The van der Waals surface area contributed by atoms with Crippen LogP contribution in [0.5, 0.6) is 0 Å². The first-order valence-electron chi connectivity index (χ1n) is 21.4. The number of esters is 1. The van der Waals surface area contributed by atoms with Crippen LogP contribution in [-0.2, 0) is 14.6 Å². The lowest BCUT2D eigenvalue weighted by molar-refractivity contribution is -0.235. The van der Waals surface area contributed by atoms with Gasteiger partial charge in [0, 0.05) is 25.2 Å². The van der Waals surface area contributed by atoms with Gasteiger partial charge in [-0.15, -0.1) is 0 Å². The number of nitrogens with one attached hydrogen (secondary N) is 2. The van der Waals surface area contributed by atoms with Gasteiger partial charge < -0.3 is 15.4 Å². The average Bonchev–Trinajstić information content (AvgIpc) is 3.62. The third-order valence-corrected chi connectivity index (χ3v) is 20.9. The van der Waals surface area contributed by atoms with Gasteiger partial charge in [0.05, 0.1) is 23.7 Å². The Hall–Kier alpha value is -1.44. The molecule has 7 aliphatic rings. The molecule has 1 aromatic rings. The number of rotatable bonds is 9. The molecule has 0 aromatic heterocycles. The number of methoxy groups -OCH3 is 1. The van der Waals surface area contributed by atoms with E-state index >= 15 is 0 Å². The van der Waals surface area contributed by atoms with Gasteiger partial charge in [0.1, 0.15) is 0 Å². The van der Waals surface area contributed by atoms with Gasteiger partial charge in [0.15, 0.2) is 9.84 Å². The molecule has 0 amide bonds. The molecule has 52 heavy (non-hydrogen) atoms. The van der Waals surface area contributed by atoms with E-state index < -0.39 is 9.84 Å². The highest BCUT2D eigenvalue weighted by molar-refractivity contribution is 7.92. The summed E-state index contributed by atoms with van der Waals surface area (Å²) in [5.41, 5.74) is 3.46. The number of hydrogen-bond acceptors (Lipinski definition) is 6. The van der Waals surface area contributed by atoms with Gasteiger partial charge in [-0.3, -0.25) is 0 Å². The van der Waals surface area contributed by atoms with Crippen molar-refractivity contribution in [1.29, 1.82) is 0 Å². The van der Waals surface area contributed by atoms with Gasteiger partial charge >= 0.3 is 5.97 Å². The summed E-state index contributed by atoms with van der Waals surface area (Å²) in [6, 6.07) is 8.35. The summed E-state index contributed by atoms with van der Waals surface area (Å²) in [5.74, 6) is 5.93. The second-order valence-electron chi connectivity index (χ2n) is 21.0. The zero-order valence-corrected chi connectivity index (χ0v) is 34.5. The number of sulfone groups is 1. The van der Waals surface area contributed by atoms with Gasteiger partial charge in [-0.2, -0.15) is 0 Å². The first kappa shape index (κ1) is 37.5. The molecule has 6 saturated carbocycles. The van der Waals surface area contributed by atoms with E-state index in [1.54, 1.807) is 0 Å². The summed E-state index contributed by atoms with van der Waals surface area (Å²) in [6.07, 6.45) is 14.3. The Kier molecular flexibility index (Phi) is 9.22. The van der Waals surface area contributed by atoms with E-state index in [1.807, 2.05) is 12.1 Å². The van der Waals surface area contributed by atoms with Crippen molar-refractivity contribution in [3.8, 4) is 0 Å². The SMILES string of the molecule is COC(=O)c1ccc(C2CC[C@]3(C)[C@H]4CC[C@@H]5[C@H]6[C@H](C(C)C)CC[C@]6(NCCNC[C@@H]6C7C[C@H]7CS6(=O)=O)CC[C@@]5(C)[C@]4(C)CC[C@H]3C2(C)C)cc1. The lowest BCUT2D eigenvalue weighted by Gasteiger charge is -2.73. The Morgan fingerprint density at radius 2 is 1.62 bits per heavy atom. The highest BCUT2D eigenvalue weighted by atomic mass is 32.2. The molecular weight excluding hydrogens is 665 g/mol. The molecule has 7 fully saturated rings. The van der Waals surface area contributed by atoms with E-state index in [2.05, 4.69) is 71.2 Å². The van der Waals surface area contributed by atoms with Crippen molar-refractivity contribution < 1.29 is 17.9 Å². The average molecular weight is 735 g/mol. The molecule has 0 bridgehead atoms. The second kappa shape index (κ2) is 12.8. The predicted octanol–water partition coefficient (Wildman–Crippen LogP) is 8.66. The molecule has 1 aromatic carbocycles. The summed E-state index contributed by atoms with van der Waals surface area (Å²) in [7, 11) is -1.44. The Morgan fingerprint density at radius 3 is 2.29 bits per heavy atom. The maximum atomic E-state index is 12.6. The molecule has 2 N–H and O–H groups in total. The van der Waals surface area contributed by atoms with Crippen molar-refractivity contribution in [2.45, 2.75) is 136 Å². The number of carbonyl (C=O) groups excluding carboxylic acids is 1. The molecule has 8 rings (SSSR count). The molecule has 13 atom stereocenters. The monoisotopic (exact) mass is 735 g/mol. The predicted molar refractivity (Wildman–Crippen MR) is 210 cm³/mol. The Morgan fingerprint density at radius 1 is 0.865 bits per heavy atom. The molecule has 1 saturated heterocycles. The lowest BCUT2D eigenvalue weighted by atomic mass is 9.32. The number of fused-ring (bicyclic) bond motifs is 8. The van der Waals surface area contributed by atoms with Crippen LogP contribution in [0.4, 0.5) is 0 Å². The third kappa shape index (κ3) is 5.48. The van der Waals surface area contributed by atoms with Crippen molar-refractivity contribution >= 4 is 15.8 Å². The minimum absolute atomic E-state index is 0.149. The van der Waals surface area contributed by atoms with Crippen molar-refractivity contribution in [3.05, 3.63) is 35.4 Å². The van der Waals surface area contributed by atoms with Gasteiger partial charge in [-0.1, -0.05) is 60.6 Å². The van der Waals surface area contributed by atoms with E-state index in [1.165, 1.54) is 76.9 Å². The summed E-state index contributed by atoms with van der Waals surface area (Å²) in [5, 5.41) is 7.69. The highest BCUT2D eigenvalue weighted by Gasteiger charge is 2.71. The Balaban J connectivity index is 0.994. The second-order valence-corrected chi connectivity index (χ2v) is 23.2. The molecular formula is C45H70N2O4S. The lowest BCUT2D eigenvalue weighted by Crippen LogP contribution is -2.68. The fraction of sp³-hybridized carbons (Fsp3) is 0.844. The van der Waals surface area contributed by atoms with Crippen LogP contribution in [0.15, 0.2) is 24.3 Å². The number of ether oxygens (including phenoxy) is 1. The summed E-state index contributed by atoms with van der Waals surface area (Å²) in [6.45, 7) is 20.8. The quantitative estimate of drug-likeness (QED) is 0.195. The standard InChI is InChI=1S/C45H70N2O4S/c1-28(2)32-15-20-45(47-24-23-46-26-36-33-25-31(33)27-52(36,49)50)22-21-43(6)35(39(32)45)13-14-38-42(5)18-16-34(29-9-11-30(12-10-29)40(48)51-8)41(3,4)37(42)17-19-44(38,43)7/h9-12,28,31-39,46-47H,13-27H2,1-8H3/t31-,32-,33?,34?,35+,36+,37-,38+,39+,42-,43+,44+,45-/m0/s1. The van der Waals surface area contributed by atoms with Crippen LogP contribution in [0.1, 0.15) is 141 Å². The Bertz CT molecular complexity index is 1640. The van der Waals surface area contributed by atoms with Crippen LogP contribution in [0, 0.1) is 69.0 Å². The normalized spacial score (nSPS) is 46.8. The number of carbonyl (C=O) groups is 1. The topological polar surface area (TPSA) is 84.5 Å². The smallest absolute Gasteiger partial charge is 0.337 e. The molecule has 0 spiro atoms. The molecule has 6 aliphatic carbocycles. The van der Waals surface area contributed by atoms with Gasteiger partial charge in [0.2, 0.25) is 0 Å². The van der Waals surface area contributed by atoms with E-state index in [0.29, 0.717) is 63.7 Å². The van der Waals surface area contributed by atoms with Gasteiger partial charge in [-0.25, -0.2) is 13.2 Å². The van der Waals surface area contributed by atoms with Crippen molar-refractivity contribution in [3.63, 3.8) is 0 Å². The summed E-state index contributed by atoms with van der Waals surface area (Å²) in [4.78, 5) is 12.2. The third-order valence-electron chi connectivity index (χ3n) is 18.6. The fourth-order valence-electron chi connectivity index (χ4n) is 15.8. The number of benzene rings is 1. The van der Waals surface area contributed by atoms with Crippen molar-refractivity contribution in [2.75, 3.05) is 32.5 Å². The van der Waals surface area contributed by atoms with Gasteiger partial charge in [0.25, 0.3) is 0 Å². The van der Waals surface area contributed by atoms with Crippen LogP contribution in [-0.4, -0.2) is 57.7 Å². The van der Waals surface area contributed by atoms with Gasteiger partial charge in [-0.05, 0) is 163 Å². The largest absolute Gasteiger partial charge is 0.465 e. The molecule has 1 heterocycles. The Labute approximate surface area is 316 Å². The van der Waals surface area contributed by atoms with Crippen LogP contribution in [0.25, 0.3) is 0 Å². The first-order valence-corrected chi connectivity index (χ1v) is 23.1. The van der Waals surface area contributed by atoms with E-state index in [-0.39, 0.29) is 22.2 Å². The van der Waals surface area contributed by atoms with Crippen LogP contribution >= 0.6 is 0 Å². The van der Waals surface area contributed by atoms with Crippen LogP contribution in [0.3, 0.4) is 0 Å². The maximum Gasteiger partial charge on any atom is 0.337 e. The van der Waals surface area contributed by atoms with Crippen molar-refractivity contribution in [2.24, 2.45) is 69.0 Å². The minimum Gasteiger partial charge on any atom is -0.465 e. The van der Waals surface area contributed by atoms with Crippen molar-refractivity contribution in [1.82, 2.24) is 10.6 Å². The zero-order valence-electron chi connectivity index (χ0n) is 33.7. The highest BCUT2D eigenvalue weighted by Crippen LogP contribution is 2.77. The van der Waals surface area contributed by atoms with E-state index in [0.717, 1.165) is 43.2 Å². The van der Waals surface area contributed by atoms with Crippen LogP contribution < -0.4 is 10.6 Å². The molecule has 7 heteroatoms. The number of hydrogen-bond donors (Lipinski definition) is 2. The summed E-state index contributed by atoms with van der Waals surface area (Å²) >= 11 is 0.